The number of thioether (sulfide) groups is 1. The van der Waals surface area contributed by atoms with Crippen LogP contribution in [0.25, 0.3) is 0 Å². The summed E-state index contributed by atoms with van der Waals surface area (Å²) in [5.74, 6) is 2.29. The number of nitrogens with one attached hydrogen (secondary N) is 1. The molecule has 1 N–H and O–H groups in total. The molecule has 0 fully saturated rings. The maximum atomic E-state index is 3.03. The molecular formula is C7H19NS. The Hall–Kier alpha value is 0.310. The highest BCUT2D eigenvalue weighted by atomic mass is 32.2. The summed E-state index contributed by atoms with van der Waals surface area (Å²) in [4.78, 5) is 0. The summed E-state index contributed by atoms with van der Waals surface area (Å²) in [6, 6.07) is 0. The van der Waals surface area contributed by atoms with E-state index < -0.39 is 0 Å². The van der Waals surface area contributed by atoms with E-state index >= 15 is 0 Å². The van der Waals surface area contributed by atoms with Crippen LogP contribution in [0.4, 0.5) is 0 Å². The second kappa shape index (κ2) is 15.7. The molecule has 0 saturated carbocycles. The first-order valence-electron chi connectivity index (χ1n) is 3.55. The SMILES string of the molecule is CCC.CCSCNC. The van der Waals surface area contributed by atoms with Crippen molar-refractivity contribution in [1.82, 2.24) is 5.32 Å². The highest BCUT2D eigenvalue weighted by Crippen LogP contribution is 1.91. The topological polar surface area (TPSA) is 12.0 Å². The van der Waals surface area contributed by atoms with Crippen LogP contribution in [-0.4, -0.2) is 18.7 Å². The van der Waals surface area contributed by atoms with Gasteiger partial charge < -0.3 is 5.32 Å². The first kappa shape index (κ1) is 12.0. The van der Waals surface area contributed by atoms with Crippen molar-refractivity contribution in [2.24, 2.45) is 0 Å². The fourth-order valence-electron chi connectivity index (χ4n) is 0.204. The van der Waals surface area contributed by atoms with E-state index in [1.165, 1.54) is 12.2 Å². The lowest BCUT2D eigenvalue weighted by Crippen LogP contribution is -2.02. The van der Waals surface area contributed by atoms with Crippen molar-refractivity contribution in [2.45, 2.75) is 27.2 Å². The second-order valence-electron chi connectivity index (χ2n) is 1.70. The molecule has 0 radical (unpaired) electrons. The third-order valence-corrected chi connectivity index (χ3v) is 1.35. The standard InChI is InChI=1S/C4H11NS.C3H8/c1-3-6-4-5-2;1-3-2/h5H,3-4H2,1-2H3;3H2,1-2H3. The van der Waals surface area contributed by atoms with Gasteiger partial charge >= 0.3 is 0 Å². The van der Waals surface area contributed by atoms with E-state index in [9.17, 15) is 0 Å². The van der Waals surface area contributed by atoms with Gasteiger partial charge in [0.05, 0.1) is 0 Å². The minimum atomic E-state index is 1.08. The molecule has 0 atom stereocenters. The van der Waals surface area contributed by atoms with Gasteiger partial charge in [0.15, 0.2) is 0 Å². The predicted molar refractivity (Wildman–Crippen MR) is 48.0 cm³/mol. The van der Waals surface area contributed by atoms with Crippen molar-refractivity contribution in [3.63, 3.8) is 0 Å². The molecule has 0 unspecified atom stereocenters. The van der Waals surface area contributed by atoms with Crippen LogP contribution in [0.5, 0.6) is 0 Å². The summed E-state index contributed by atoms with van der Waals surface area (Å²) in [6.45, 7) is 6.40. The predicted octanol–water partition coefficient (Wildman–Crippen LogP) is 2.33. The molecule has 0 aliphatic rings. The van der Waals surface area contributed by atoms with Gasteiger partial charge in [-0.05, 0) is 12.8 Å². The molecule has 9 heavy (non-hydrogen) atoms. The first-order valence-corrected chi connectivity index (χ1v) is 4.71. The monoisotopic (exact) mass is 149 g/mol. The van der Waals surface area contributed by atoms with Crippen LogP contribution in [0.15, 0.2) is 0 Å². The molecule has 0 amide bonds. The van der Waals surface area contributed by atoms with E-state index in [2.05, 4.69) is 26.1 Å². The fraction of sp³-hybridized carbons (Fsp3) is 1.00. The molecule has 0 heterocycles. The van der Waals surface area contributed by atoms with Gasteiger partial charge in [-0.25, -0.2) is 0 Å². The molecule has 0 rings (SSSR count). The van der Waals surface area contributed by atoms with E-state index in [1.54, 1.807) is 0 Å². The van der Waals surface area contributed by atoms with E-state index in [0.717, 1.165) is 5.88 Å². The summed E-state index contributed by atoms with van der Waals surface area (Å²) in [7, 11) is 1.96. The third kappa shape index (κ3) is 30.2. The maximum Gasteiger partial charge on any atom is 0.0415 e. The van der Waals surface area contributed by atoms with E-state index in [4.69, 9.17) is 0 Å². The highest BCUT2D eigenvalue weighted by molar-refractivity contribution is 7.99. The van der Waals surface area contributed by atoms with Gasteiger partial charge in [-0.15, -0.1) is 11.8 Å². The van der Waals surface area contributed by atoms with Crippen molar-refractivity contribution in [3.05, 3.63) is 0 Å². The Kier molecular flexibility index (Phi) is 21.1. The first-order chi connectivity index (χ1) is 4.33. The summed E-state index contributed by atoms with van der Waals surface area (Å²) in [6.07, 6.45) is 1.25. The van der Waals surface area contributed by atoms with Crippen LogP contribution in [0.1, 0.15) is 27.2 Å². The van der Waals surface area contributed by atoms with Crippen molar-refractivity contribution in [2.75, 3.05) is 18.7 Å². The zero-order chi connectivity index (χ0) is 7.54. The molecule has 0 aromatic carbocycles. The molecule has 0 aromatic heterocycles. The minimum absolute atomic E-state index is 1.08. The average molecular weight is 149 g/mol. The number of rotatable bonds is 3. The van der Waals surface area contributed by atoms with Crippen LogP contribution in [-0.2, 0) is 0 Å². The largest absolute Gasteiger partial charge is 0.311 e. The molecule has 0 aliphatic heterocycles. The van der Waals surface area contributed by atoms with Crippen molar-refractivity contribution < 1.29 is 0 Å². The van der Waals surface area contributed by atoms with E-state index in [1.807, 2.05) is 18.8 Å². The Morgan fingerprint density at radius 2 is 1.67 bits per heavy atom. The van der Waals surface area contributed by atoms with E-state index in [-0.39, 0.29) is 0 Å². The van der Waals surface area contributed by atoms with E-state index in [0.29, 0.717) is 0 Å². The average Bonchev–Trinajstić information content (AvgIpc) is 1.86. The van der Waals surface area contributed by atoms with Gasteiger partial charge in [0.1, 0.15) is 0 Å². The molecular weight excluding hydrogens is 130 g/mol. The zero-order valence-electron chi connectivity index (χ0n) is 7.03. The Labute approximate surface area is 63.6 Å². The van der Waals surface area contributed by atoms with Gasteiger partial charge in [0.2, 0.25) is 0 Å². The van der Waals surface area contributed by atoms with Crippen LogP contribution < -0.4 is 5.32 Å². The van der Waals surface area contributed by atoms with Crippen molar-refractivity contribution >= 4 is 11.8 Å². The molecule has 58 valence electrons. The lowest BCUT2D eigenvalue weighted by atomic mass is 10.6. The number of hydrogen-bond acceptors (Lipinski definition) is 2. The Morgan fingerprint density at radius 3 is 1.78 bits per heavy atom. The van der Waals surface area contributed by atoms with Crippen LogP contribution in [0.3, 0.4) is 0 Å². The van der Waals surface area contributed by atoms with Gasteiger partial charge in [-0.3, -0.25) is 0 Å². The molecule has 0 bridgehead atoms. The molecule has 0 aliphatic carbocycles. The van der Waals surface area contributed by atoms with Crippen molar-refractivity contribution in [3.8, 4) is 0 Å². The molecule has 2 heteroatoms. The smallest absolute Gasteiger partial charge is 0.0415 e. The Bertz CT molecular complexity index is 28.1. The molecule has 0 aromatic rings. The molecule has 1 nitrogen and oxygen atoms in total. The normalized spacial score (nSPS) is 8.00. The minimum Gasteiger partial charge on any atom is -0.311 e. The van der Waals surface area contributed by atoms with Gasteiger partial charge in [-0.2, -0.15) is 0 Å². The zero-order valence-corrected chi connectivity index (χ0v) is 7.85. The Balaban J connectivity index is 0. The summed E-state index contributed by atoms with van der Waals surface area (Å²) in [5.41, 5.74) is 0. The summed E-state index contributed by atoms with van der Waals surface area (Å²) in [5, 5.41) is 3.03. The Morgan fingerprint density at radius 1 is 1.22 bits per heavy atom. The van der Waals surface area contributed by atoms with Crippen LogP contribution >= 0.6 is 11.8 Å². The van der Waals surface area contributed by atoms with Crippen LogP contribution in [0.2, 0.25) is 0 Å². The second-order valence-corrected chi connectivity index (χ2v) is 2.97. The summed E-state index contributed by atoms with van der Waals surface area (Å²) < 4.78 is 0. The summed E-state index contributed by atoms with van der Waals surface area (Å²) >= 11 is 1.90. The lowest BCUT2D eigenvalue weighted by Gasteiger charge is -1.90. The van der Waals surface area contributed by atoms with Crippen molar-refractivity contribution in [1.29, 1.82) is 0 Å². The third-order valence-electron chi connectivity index (χ3n) is 0.451. The van der Waals surface area contributed by atoms with Gasteiger partial charge in [0.25, 0.3) is 0 Å². The molecule has 0 spiro atoms. The fourth-order valence-corrected chi connectivity index (χ4v) is 0.612. The molecule has 0 saturated heterocycles. The number of hydrogen-bond donors (Lipinski definition) is 1. The quantitative estimate of drug-likeness (QED) is 0.488. The maximum absolute atomic E-state index is 3.03. The highest BCUT2D eigenvalue weighted by Gasteiger charge is 1.72. The van der Waals surface area contributed by atoms with Gasteiger partial charge in [0, 0.05) is 5.88 Å². The van der Waals surface area contributed by atoms with Crippen LogP contribution in [0, 0.1) is 0 Å². The lowest BCUT2D eigenvalue weighted by molar-refractivity contribution is 0.982. The van der Waals surface area contributed by atoms with Gasteiger partial charge in [-0.1, -0.05) is 27.2 Å².